The topological polar surface area (TPSA) is 83.9 Å². The van der Waals surface area contributed by atoms with Gasteiger partial charge in [-0.15, -0.1) is 0 Å². The number of ether oxygens (including phenoxy) is 1. The number of rotatable bonds is 7. The van der Waals surface area contributed by atoms with Crippen LogP contribution in [0.2, 0.25) is 0 Å². The van der Waals surface area contributed by atoms with Crippen LogP contribution in [0.3, 0.4) is 0 Å². The van der Waals surface area contributed by atoms with Gasteiger partial charge in [-0.05, 0) is 31.0 Å². The fourth-order valence-corrected chi connectivity index (χ4v) is 5.72. The summed E-state index contributed by atoms with van der Waals surface area (Å²) in [6.07, 6.45) is 0.0965. The van der Waals surface area contributed by atoms with Gasteiger partial charge in [-0.1, -0.05) is 60.3 Å². The lowest BCUT2D eigenvalue weighted by atomic mass is 9.63. The number of carboxylic acids is 1. The Morgan fingerprint density at radius 3 is 2.35 bits per heavy atom. The van der Waals surface area contributed by atoms with Gasteiger partial charge in [0.25, 0.3) is 0 Å². The zero-order valence-corrected chi connectivity index (χ0v) is 18.1. The van der Waals surface area contributed by atoms with E-state index in [0.29, 0.717) is 17.7 Å². The molecule has 0 aliphatic carbocycles. The molecule has 2 aromatic rings. The molecular weight excluding hydrogens is 414 g/mol. The SMILES string of the molecule is CC(=O)O[C@@H](C)C1(Cc2ccccc2)C(=O)N2C(C(=O)O)=C(Sc3ccccc3)C[C@@H]21. The molecule has 4 rings (SSSR count). The Morgan fingerprint density at radius 1 is 1.16 bits per heavy atom. The van der Waals surface area contributed by atoms with E-state index in [1.807, 2.05) is 60.7 Å². The molecule has 1 N–H and O–H groups in total. The quantitative estimate of drug-likeness (QED) is 0.523. The molecule has 31 heavy (non-hydrogen) atoms. The predicted octanol–water partition coefficient (Wildman–Crippen LogP) is 3.87. The Bertz CT molecular complexity index is 1050. The molecule has 1 amide bonds. The molecule has 0 aromatic heterocycles. The van der Waals surface area contributed by atoms with E-state index >= 15 is 0 Å². The third kappa shape index (κ3) is 3.63. The maximum atomic E-state index is 13.5. The smallest absolute Gasteiger partial charge is 0.353 e. The van der Waals surface area contributed by atoms with Gasteiger partial charge >= 0.3 is 11.9 Å². The number of carboxylic acid groups (broad SMARTS) is 1. The molecule has 1 unspecified atom stereocenters. The fourth-order valence-electron chi connectivity index (χ4n) is 4.62. The largest absolute Gasteiger partial charge is 0.477 e. The van der Waals surface area contributed by atoms with E-state index in [2.05, 4.69) is 0 Å². The number of aliphatic carboxylic acids is 1. The van der Waals surface area contributed by atoms with E-state index in [0.717, 1.165) is 10.5 Å². The number of fused-ring (bicyclic) bond motifs is 1. The Hall–Kier alpha value is -3.06. The van der Waals surface area contributed by atoms with Crippen LogP contribution in [0.15, 0.2) is 76.2 Å². The monoisotopic (exact) mass is 437 g/mol. The zero-order valence-electron chi connectivity index (χ0n) is 17.3. The van der Waals surface area contributed by atoms with E-state index in [4.69, 9.17) is 4.74 Å². The molecule has 2 aromatic carbocycles. The second kappa shape index (κ2) is 8.23. The van der Waals surface area contributed by atoms with Gasteiger partial charge in [0.1, 0.15) is 17.2 Å². The second-order valence-corrected chi connectivity index (χ2v) is 9.01. The molecule has 0 bridgehead atoms. The summed E-state index contributed by atoms with van der Waals surface area (Å²) >= 11 is 1.37. The number of esters is 1. The van der Waals surface area contributed by atoms with Crippen molar-refractivity contribution in [3.8, 4) is 0 Å². The van der Waals surface area contributed by atoms with Gasteiger partial charge < -0.3 is 14.7 Å². The van der Waals surface area contributed by atoms with Crippen LogP contribution in [0.5, 0.6) is 0 Å². The maximum absolute atomic E-state index is 13.5. The third-order valence-electron chi connectivity index (χ3n) is 6.00. The lowest BCUT2D eigenvalue weighted by Crippen LogP contribution is -2.72. The average molecular weight is 438 g/mol. The van der Waals surface area contributed by atoms with Crippen LogP contribution < -0.4 is 0 Å². The number of β-lactam (4-membered cyclic amide) rings is 1. The minimum Gasteiger partial charge on any atom is -0.477 e. The van der Waals surface area contributed by atoms with Crippen molar-refractivity contribution in [2.24, 2.45) is 5.41 Å². The summed E-state index contributed by atoms with van der Waals surface area (Å²) in [7, 11) is 0. The third-order valence-corrected chi connectivity index (χ3v) is 7.12. The lowest BCUT2D eigenvalue weighted by molar-refractivity contribution is -0.189. The average Bonchev–Trinajstić information content (AvgIpc) is 3.09. The van der Waals surface area contributed by atoms with E-state index in [9.17, 15) is 19.5 Å². The highest BCUT2D eigenvalue weighted by Gasteiger charge is 2.68. The highest BCUT2D eigenvalue weighted by atomic mass is 32.2. The lowest BCUT2D eigenvalue weighted by Gasteiger charge is -2.55. The van der Waals surface area contributed by atoms with Gasteiger partial charge in [-0.25, -0.2) is 4.79 Å². The first-order chi connectivity index (χ1) is 14.8. The first kappa shape index (κ1) is 21.2. The van der Waals surface area contributed by atoms with Gasteiger partial charge in [-0.2, -0.15) is 0 Å². The highest BCUT2D eigenvalue weighted by Crippen LogP contribution is 2.56. The zero-order chi connectivity index (χ0) is 22.2. The number of carbonyl (C=O) groups is 3. The summed E-state index contributed by atoms with van der Waals surface area (Å²) in [5.74, 6) is -1.90. The van der Waals surface area contributed by atoms with Gasteiger partial charge in [0, 0.05) is 23.1 Å². The van der Waals surface area contributed by atoms with Crippen LogP contribution in [0.4, 0.5) is 0 Å². The molecule has 7 heteroatoms. The van der Waals surface area contributed by atoms with Crippen molar-refractivity contribution in [2.75, 3.05) is 0 Å². The summed E-state index contributed by atoms with van der Waals surface area (Å²) in [5.41, 5.74) is -0.0368. The molecule has 0 saturated carbocycles. The summed E-state index contributed by atoms with van der Waals surface area (Å²) < 4.78 is 5.50. The van der Waals surface area contributed by atoms with E-state index in [1.54, 1.807) is 6.92 Å². The number of nitrogens with zero attached hydrogens (tertiary/aromatic N) is 1. The first-order valence-electron chi connectivity index (χ1n) is 10.1. The van der Waals surface area contributed by atoms with E-state index < -0.39 is 23.5 Å². The number of carbonyl (C=O) groups excluding carboxylic acids is 2. The number of hydrogen-bond acceptors (Lipinski definition) is 5. The van der Waals surface area contributed by atoms with Crippen molar-refractivity contribution >= 4 is 29.6 Å². The summed E-state index contributed by atoms with van der Waals surface area (Å²) in [4.78, 5) is 40.3. The van der Waals surface area contributed by atoms with Crippen LogP contribution >= 0.6 is 11.8 Å². The summed E-state index contributed by atoms with van der Waals surface area (Å²) in [6.45, 7) is 3.04. The Balaban J connectivity index is 1.71. The molecule has 0 radical (unpaired) electrons. The molecule has 2 aliphatic rings. The molecule has 1 fully saturated rings. The van der Waals surface area contributed by atoms with Gasteiger partial charge in [-0.3, -0.25) is 9.59 Å². The molecule has 2 heterocycles. The van der Waals surface area contributed by atoms with Crippen LogP contribution in [-0.4, -0.2) is 40.0 Å². The Labute approximate surface area is 184 Å². The maximum Gasteiger partial charge on any atom is 0.353 e. The van der Waals surface area contributed by atoms with Crippen molar-refractivity contribution in [2.45, 2.75) is 43.7 Å². The standard InChI is InChI=1S/C24H23NO5S/c1-15(30-16(2)26)24(14-17-9-5-3-6-10-17)20-13-19(31-18-11-7-4-8-12-18)21(22(27)28)25(20)23(24)29/h3-12,15,20H,13-14H2,1-2H3,(H,27,28)/t15-,20+,24?/m0/s1. The number of hydrogen-bond donors (Lipinski definition) is 1. The van der Waals surface area contributed by atoms with Crippen molar-refractivity contribution in [3.05, 3.63) is 76.8 Å². The first-order valence-corrected chi connectivity index (χ1v) is 10.9. The Morgan fingerprint density at radius 2 is 1.77 bits per heavy atom. The second-order valence-electron chi connectivity index (χ2n) is 7.84. The van der Waals surface area contributed by atoms with Crippen molar-refractivity contribution in [1.82, 2.24) is 4.90 Å². The van der Waals surface area contributed by atoms with Crippen molar-refractivity contribution in [1.29, 1.82) is 0 Å². The molecule has 1 saturated heterocycles. The van der Waals surface area contributed by atoms with Gasteiger partial charge in [0.2, 0.25) is 5.91 Å². The van der Waals surface area contributed by atoms with Crippen molar-refractivity contribution < 1.29 is 24.2 Å². The van der Waals surface area contributed by atoms with Crippen LogP contribution in [0.1, 0.15) is 25.8 Å². The molecular formula is C24H23NO5S. The summed E-state index contributed by atoms with van der Waals surface area (Å²) in [5, 5.41) is 9.90. The van der Waals surface area contributed by atoms with Crippen LogP contribution in [0.25, 0.3) is 0 Å². The van der Waals surface area contributed by atoms with Gasteiger partial charge in [0.05, 0.1) is 6.04 Å². The van der Waals surface area contributed by atoms with Crippen LogP contribution in [-0.2, 0) is 25.5 Å². The van der Waals surface area contributed by atoms with Gasteiger partial charge in [0.15, 0.2) is 0 Å². The number of benzene rings is 2. The molecule has 3 atom stereocenters. The van der Waals surface area contributed by atoms with E-state index in [1.165, 1.54) is 23.6 Å². The normalized spacial score (nSPS) is 23.2. The van der Waals surface area contributed by atoms with E-state index in [-0.39, 0.29) is 17.6 Å². The molecule has 2 aliphatic heterocycles. The fraction of sp³-hybridized carbons (Fsp3) is 0.292. The van der Waals surface area contributed by atoms with Crippen molar-refractivity contribution in [3.63, 3.8) is 0 Å². The minimum atomic E-state index is -1.12. The number of amides is 1. The molecule has 6 nitrogen and oxygen atoms in total. The molecule has 160 valence electrons. The minimum absolute atomic E-state index is 0.0302. The summed E-state index contributed by atoms with van der Waals surface area (Å²) in [6, 6.07) is 18.7. The predicted molar refractivity (Wildman–Crippen MR) is 116 cm³/mol. The Kier molecular flexibility index (Phi) is 5.62. The molecule has 0 spiro atoms. The van der Waals surface area contributed by atoms with Crippen LogP contribution in [0, 0.1) is 5.41 Å². The highest BCUT2D eigenvalue weighted by molar-refractivity contribution is 8.03. The number of thioether (sulfide) groups is 1.